The molecule has 1 heterocycles. The van der Waals surface area contributed by atoms with Gasteiger partial charge in [0.15, 0.2) is 11.5 Å². The normalized spacial score (nSPS) is 13.7. The molecule has 3 aromatic rings. The average molecular weight is 415 g/mol. The van der Waals surface area contributed by atoms with E-state index in [4.69, 9.17) is 39.5 Å². The van der Waals surface area contributed by atoms with E-state index < -0.39 is 0 Å². The zero-order valence-corrected chi connectivity index (χ0v) is 16.3. The Labute approximate surface area is 172 Å². The van der Waals surface area contributed by atoms with Crippen molar-refractivity contribution in [2.45, 2.75) is 0 Å². The molecule has 0 bridgehead atoms. The summed E-state index contributed by atoms with van der Waals surface area (Å²) in [6.07, 6.45) is 3.87. The van der Waals surface area contributed by atoms with Crippen LogP contribution in [0.5, 0.6) is 0 Å². The average Bonchev–Trinajstić information content (AvgIpc) is 2.69. The van der Waals surface area contributed by atoms with Gasteiger partial charge in [-0.15, -0.1) is 0 Å². The fourth-order valence-electron chi connectivity index (χ4n) is 2.72. The van der Waals surface area contributed by atoms with Gasteiger partial charge in [0.1, 0.15) is 0 Å². The topological polar surface area (TPSA) is 12.5 Å². The molecular weight excluding hydrogens is 401 g/mol. The van der Waals surface area contributed by atoms with Gasteiger partial charge in [0.05, 0.1) is 12.4 Å². The van der Waals surface area contributed by atoms with E-state index in [0.29, 0.717) is 26.6 Å². The largest absolute Gasteiger partial charge is 0.453 e. The van der Waals surface area contributed by atoms with E-state index in [1.165, 1.54) is 0 Å². The summed E-state index contributed by atoms with van der Waals surface area (Å²) in [4.78, 5) is 2.01. The van der Waals surface area contributed by atoms with Crippen LogP contribution in [-0.2, 0) is 4.74 Å². The Bertz CT molecular complexity index is 945. The highest BCUT2D eigenvalue weighted by Crippen LogP contribution is 2.33. The first-order chi connectivity index (χ1) is 13.1. The fraction of sp³-hybridized carbons (Fsp3) is 0. The first kappa shape index (κ1) is 18.0. The van der Waals surface area contributed by atoms with Crippen molar-refractivity contribution >= 4 is 52.0 Å². The van der Waals surface area contributed by atoms with Crippen LogP contribution in [0.4, 0.5) is 5.69 Å². The van der Waals surface area contributed by atoms with Crippen molar-refractivity contribution in [1.82, 2.24) is 0 Å². The molecule has 5 heteroatoms. The van der Waals surface area contributed by atoms with Crippen molar-refractivity contribution in [3.05, 3.63) is 111 Å². The number of hydrogen-bond acceptors (Lipinski definition) is 2. The van der Waals surface area contributed by atoms with Gasteiger partial charge in [-0.1, -0.05) is 34.8 Å². The third kappa shape index (κ3) is 4.14. The second-order valence-electron chi connectivity index (χ2n) is 5.99. The Morgan fingerprint density at radius 3 is 1.30 bits per heavy atom. The van der Waals surface area contributed by atoms with Crippen molar-refractivity contribution in [2.24, 2.45) is 0 Å². The SMILES string of the molecule is Clc1ccc(C2=CN(c3ccc(Cl)cc3)C=C(c3ccc(Cl)cc3)O2)cc1. The molecule has 3 aromatic carbocycles. The molecule has 2 nitrogen and oxygen atoms in total. The molecule has 0 unspecified atom stereocenters. The highest BCUT2D eigenvalue weighted by Gasteiger charge is 2.18. The summed E-state index contributed by atoms with van der Waals surface area (Å²) < 4.78 is 6.18. The molecule has 0 N–H and O–H groups in total. The van der Waals surface area contributed by atoms with Crippen LogP contribution in [0.15, 0.2) is 85.2 Å². The standard InChI is InChI=1S/C22H14Cl3NO/c23-17-5-1-15(2-6-17)21-13-26(20-11-9-19(25)10-12-20)14-22(27-21)16-3-7-18(24)8-4-16/h1-14H. The van der Waals surface area contributed by atoms with Gasteiger partial charge in [0.2, 0.25) is 0 Å². The molecule has 134 valence electrons. The number of rotatable bonds is 3. The Kier molecular flexibility index (Phi) is 5.13. The van der Waals surface area contributed by atoms with Crippen molar-refractivity contribution in [1.29, 1.82) is 0 Å². The number of halogens is 3. The van der Waals surface area contributed by atoms with Crippen LogP contribution in [0.3, 0.4) is 0 Å². The summed E-state index contributed by atoms with van der Waals surface area (Å²) in [6, 6.07) is 22.7. The molecule has 1 aliphatic rings. The third-order valence-electron chi connectivity index (χ3n) is 4.11. The molecule has 0 aliphatic carbocycles. The second-order valence-corrected chi connectivity index (χ2v) is 7.30. The Morgan fingerprint density at radius 2 is 0.889 bits per heavy atom. The second kappa shape index (κ2) is 7.69. The maximum Gasteiger partial charge on any atom is 0.151 e. The summed E-state index contributed by atoms with van der Waals surface area (Å²) in [5.74, 6) is 1.43. The van der Waals surface area contributed by atoms with Crippen molar-refractivity contribution in [3.8, 4) is 0 Å². The summed E-state index contributed by atoms with van der Waals surface area (Å²) >= 11 is 18.1. The maximum atomic E-state index is 6.18. The number of hydrogen-bond donors (Lipinski definition) is 0. The van der Waals surface area contributed by atoms with Crippen LogP contribution in [0, 0.1) is 0 Å². The Morgan fingerprint density at radius 1 is 0.519 bits per heavy atom. The van der Waals surface area contributed by atoms with E-state index in [-0.39, 0.29) is 0 Å². The van der Waals surface area contributed by atoms with Crippen LogP contribution < -0.4 is 4.90 Å². The summed E-state index contributed by atoms with van der Waals surface area (Å²) in [6.45, 7) is 0. The van der Waals surface area contributed by atoms with E-state index in [1.54, 1.807) is 0 Å². The van der Waals surface area contributed by atoms with Crippen LogP contribution in [-0.4, -0.2) is 0 Å². The predicted molar refractivity (Wildman–Crippen MR) is 114 cm³/mol. The van der Waals surface area contributed by atoms with E-state index in [0.717, 1.165) is 16.8 Å². The number of ether oxygens (including phenoxy) is 1. The van der Waals surface area contributed by atoms with E-state index >= 15 is 0 Å². The lowest BCUT2D eigenvalue weighted by Gasteiger charge is -2.26. The summed E-state index contributed by atoms with van der Waals surface area (Å²) in [5.41, 5.74) is 2.83. The molecule has 0 spiro atoms. The number of benzene rings is 3. The minimum absolute atomic E-state index is 0.679. The van der Waals surface area contributed by atoms with Gasteiger partial charge in [-0.25, -0.2) is 0 Å². The zero-order chi connectivity index (χ0) is 18.8. The lowest BCUT2D eigenvalue weighted by molar-refractivity contribution is 0.462. The van der Waals surface area contributed by atoms with Crippen LogP contribution in [0.25, 0.3) is 11.5 Å². The molecule has 0 fully saturated rings. The Hall–Kier alpha value is -2.39. The van der Waals surface area contributed by atoms with Gasteiger partial charge in [0.25, 0.3) is 0 Å². The maximum absolute atomic E-state index is 6.18. The molecule has 0 saturated heterocycles. The van der Waals surface area contributed by atoms with Gasteiger partial charge in [0, 0.05) is 31.9 Å². The van der Waals surface area contributed by atoms with Crippen molar-refractivity contribution in [3.63, 3.8) is 0 Å². The van der Waals surface area contributed by atoms with Gasteiger partial charge >= 0.3 is 0 Å². The lowest BCUT2D eigenvalue weighted by Crippen LogP contribution is -2.15. The van der Waals surface area contributed by atoms with Crippen molar-refractivity contribution in [2.75, 3.05) is 4.90 Å². The van der Waals surface area contributed by atoms with E-state index in [1.807, 2.05) is 90.1 Å². The lowest BCUT2D eigenvalue weighted by atomic mass is 10.1. The first-order valence-corrected chi connectivity index (χ1v) is 9.39. The minimum Gasteiger partial charge on any atom is -0.453 e. The van der Waals surface area contributed by atoms with Gasteiger partial charge in [-0.05, 0) is 72.8 Å². The van der Waals surface area contributed by atoms with Crippen LogP contribution in [0.2, 0.25) is 15.1 Å². The fourth-order valence-corrected chi connectivity index (χ4v) is 3.10. The summed E-state index contributed by atoms with van der Waals surface area (Å²) in [5, 5.41) is 2.05. The first-order valence-electron chi connectivity index (χ1n) is 8.26. The zero-order valence-electron chi connectivity index (χ0n) is 14.1. The minimum atomic E-state index is 0.679. The molecule has 0 radical (unpaired) electrons. The van der Waals surface area contributed by atoms with E-state index in [9.17, 15) is 0 Å². The van der Waals surface area contributed by atoms with Crippen molar-refractivity contribution < 1.29 is 4.74 Å². The van der Waals surface area contributed by atoms with Crippen LogP contribution in [0.1, 0.15) is 11.1 Å². The third-order valence-corrected chi connectivity index (χ3v) is 4.87. The van der Waals surface area contributed by atoms with E-state index in [2.05, 4.69) is 0 Å². The van der Waals surface area contributed by atoms with Gasteiger partial charge < -0.3 is 9.64 Å². The summed E-state index contributed by atoms with van der Waals surface area (Å²) in [7, 11) is 0. The highest BCUT2D eigenvalue weighted by molar-refractivity contribution is 6.31. The molecular formula is C22H14Cl3NO. The molecule has 0 amide bonds. The molecule has 0 aromatic heterocycles. The molecule has 0 saturated carbocycles. The molecule has 0 atom stereocenters. The quantitative estimate of drug-likeness (QED) is 0.440. The smallest absolute Gasteiger partial charge is 0.151 e. The number of anilines is 1. The molecule has 1 aliphatic heterocycles. The monoisotopic (exact) mass is 413 g/mol. The Balaban J connectivity index is 1.76. The van der Waals surface area contributed by atoms with Gasteiger partial charge in [-0.2, -0.15) is 0 Å². The van der Waals surface area contributed by atoms with Gasteiger partial charge in [-0.3, -0.25) is 0 Å². The predicted octanol–water partition coefficient (Wildman–Crippen LogP) is 7.48. The van der Waals surface area contributed by atoms with Crippen LogP contribution >= 0.6 is 34.8 Å². The number of nitrogens with zero attached hydrogens (tertiary/aromatic N) is 1. The molecule has 27 heavy (non-hydrogen) atoms. The molecule has 4 rings (SSSR count). The highest BCUT2D eigenvalue weighted by atomic mass is 35.5.